The third-order valence-electron chi connectivity index (χ3n) is 2.94. The van der Waals surface area contributed by atoms with Crippen LogP contribution >= 0.6 is 10.0 Å². The number of nitrogens with zero attached hydrogens (tertiary/aromatic N) is 3. The second-order valence-electron chi connectivity index (χ2n) is 5.55. The zero-order valence-corrected chi connectivity index (χ0v) is 13.6. The summed E-state index contributed by atoms with van der Waals surface area (Å²) in [5.74, 6) is 0.564. The number of methoxy groups -OCH3 is 1. The van der Waals surface area contributed by atoms with Crippen LogP contribution in [0.1, 0.15) is 10.5 Å². The van der Waals surface area contributed by atoms with E-state index in [4.69, 9.17) is 9.47 Å². The van der Waals surface area contributed by atoms with Crippen LogP contribution in [0.4, 0.5) is 0 Å². The van der Waals surface area contributed by atoms with Crippen molar-refractivity contribution in [2.75, 3.05) is 38.2 Å². The number of fused-ring (bicyclic) bond motifs is 1. The summed E-state index contributed by atoms with van der Waals surface area (Å²) in [6, 6.07) is 3.57. The molecule has 0 aliphatic carbocycles. The van der Waals surface area contributed by atoms with E-state index in [1.165, 1.54) is 7.11 Å². The normalized spacial score (nSPS) is 12.6. The van der Waals surface area contributed by atoms with Gasteiger partial charge in [-0.2, -0.15) is 5.10 Å². The molecule has 0 unspecified atom stereocenters. The van der Waals surface area contributed by atoms with Crippen molar-refractivity contribution in [3.63, 3.8) is 0 Å². The van der Waals surface area contributed by atoms with E-state index in [1.807, 2.05) is 0 Å². The van der Waals surface area contributed by atoms with Gasteiger partial charge in [0.2, 0.25) is 0 Å². The van der Waals surface area contributed by atoms with Gasteiger partial charge in [0.25, 0.3) is 0 Å². The standard InChI is InChI=1S/C14H21N3O3S/c1-19-14(18)12-11-6-5-7-15-13(11)17(16-12)10-20-8-9-21(2,3)4/h5-7H,8-10H2,1-4H3. The molecule has 2 heterocycles. The number of ether oxygens (including phenoxy) is 2. The third kappa shape index (κ3) is 3.95. The summed E-state index contributed by atoms with van der Waals surface area (Å²) in [7, 11) is 0.762. The molecule has 0 bridgehead atoms. The molecule has 2 aromatic rings. The average Bonchev–Trinajstić information content (AvgIpc) is 2.81. The van der Waals surface area contributed by atoms with E-state index >= 15 is 0 Å². The number of rotatable bonds is 6. The van der Waals surface area contributed by atoms with Crippen molar-refractivity contribution in [3.05, 3.63) is 24.0 Å². The van der Waals surface area contributed by atoms with Gasteiger partial charge in [0, 0.05) is 11.9 Å². The van der Waals surface area contributed by atoms with Crippen molar-refractivity contribution in [1.82, 2.24) is 14.8 Å². The number of pyridine rings is 1. The molecule has 2 rings (SSSR count). The number of hydrogen-bond acceptors (Lipinski definition) is 5. The van der Waals surface area contributed by atoms with E-state index in [1.54, 1.807) is 23.0 Å². The lowest BCUT2D eigenvalue weighted by Crippen LogP contribution is -2.12. The Bertz CT molecular complexity index is 634. The van der Waals surface area contributed by atoms with Gasteiger partial charge in [0.1, 0.15) is 6.73 Å². The molecule has 0 aliphatic rings. The summed E-state index contributed by atoms with van der Waals surface area (Å²) in [5, 5.41) is 4.93. The van der Waals surface area contributed by atoms with Gasteiger partial charge in [0.15, 0.2) is 11.3 Å². The Hall–Kier alpha value is -1.60. The molecule has 2 aromatic heterocycles. The molecule has 0 atom stereocenters. The molecule has 0 radical (unpaired) electrons. The second-order valence-corrected chi connectivity index (χ2v) is 10.1. The number of carbonyl (C=O) groups excluding carboxylic acids is 1. The lowest BCUT2D eigenvalue weighted by atomic mass is 10.3. The lowest BCUT2D eigenvalue weighted by molar-refractivity contribution is 0.0586. The fourth-order valence-corrected chi connectivity index (χ4v) is 2.42. The fourth-order valence-electron chi connectivity index (χ4n) is 1.81. The smallest absolute Gasteiger partial charge is 0.359 e. The maximum absolute atomic E-state index is 11.7. The van der Waals surface area contributed by atoms with Crippen LogP contribution in [0.25, 0.3) is 11.0 Å². The minimum Gasteiger partial charge on any atom is -0.464 e. The molecule has 116 valence electrons. The predicted octanol–water partition coefficient (Wildman–Crippen LogP) is 1.89. The van der Waals surface area contributed by atoms with Gasteiger partial charge in [-0.25, -0.2) is 24.5 Å². The van der Waals surface area contributed by atoms with E-state index in [0.717, 1.165) is 5.75 Å². The molecule has 21 heavy (non-hydrogen) atoms. The van der Waals surface area contributed by atoms with Crippen molar-refractivity contribution in [1.29, 1.82) is 0 Å². The van der Waals surface area contributed by atoms with Crippen LogP contribution < -0.4 is 0 Å². The van der Waals surface area contributed by atoms with Crippen molar-refractivity contribution in [2.24, 2.45) is 0 Å². The van der Waals surface area contributed by atoms with Crippen LogP contribution in [0.5, 0.6) is 0 Å². The Morgan fingerprint density at radius 3 is 2.81 bits per heavy atom. The topological polar surface area (TPSA) is 66.2 Å². The predicted molar refractivity (Wildman–Crippen MR) is 85.0 cm³/mol. The average molecular weight is 311 g/mol. The van der Waals surface area contributed by atoms with Gasteiger partial charge in [-0.1, -0.05) is 0 Å². The zero-order valence-electron chi connectivity index (χ0n) is 12.8. The number of hydrogen-bond donors (Lipinski definition) is 0. The summed E-state index contributed by atoms with van der Waals surface area (Å²) in [4.78, 5) is 16.0. The maximum Gasteiger partial charge on any atom is 0.359 e. The monoisotopic (exact) mass is 311 g/mol. The Morgan fingerprint density at radius 2 is 2.14 bits per heavy atom. The molecular formula is C14H21N3O3S. The molecular weight excluding hydrogens is 290 g/mol. The van der Waals surface area contributed by atoms with Crippen LogP contribution in [-0.4, -0.2) is 59.0 Å². The lowest BCUT2D eigenvalue weighted by Gasteiger charge is -2.24. The van der Waals surface area contributed by atoms with Crippen LogP contribution in [0.3, 0.4) is 0 Å². The minimum atomic E-state index is -0.578. The van der Waals surface area contributed by atoms with Gasteiger partial charge in [-0.15, -0.1) is 0 Å². The molecule has 0 saturated carbocycles. The summed E-state index contributed by atoms with van der Waals surface area (Å²) in [6.45, 7) is 0.945. The largest absolute Gasteiger partial charge is 0.464 e. The molecule has 0 amide bonds. The van der Waals surface area contributed by atoms with Gasteiger partial charge >= 0.3 is 5.97 Å². The number of aromatic nitrogens is 3. The maximum atomic E-state index is 11.7. The summed E-state index contributed by atoms with van der Waals surface area (Å²) < 4.78 is 12.0. The molecule has 0 aromatic carbocycles. The van der Waals surface area contributed by atoms with Crippen molar-refractivity contribution < 1.29 is 14.3 Å². The SMILES string of the molecule is COC(=O)c1nn(COCCS(C)(C)C)c2ncccc12. The van der Waals surface area contributed by atoms with Crippen LogP contribution in [-0.2, 0) is 16.2 Å². The highest BCUT2D eigenvalue weighted by atomic mass is 32.3. The molecule has 7 heteroatoms. The first-order chi connectivity index (χ1) is 9.92. The van der Waals surface area contributed by atoms with Crippen molar-refractivity contribution in [2.45, 2.75) is 6.73 Å². The van der Waals surface area contributed by atoms with Crippen molar-refractivity contribution >= 4 is 27.0 Å². The highest BCUT2D eigenvalue weighted by Gasteiger charge is 2.18. The van der Waals surface area contributed by atoms with E-state index in [-0.39, 0.29) is 12.4 Å². The molecule has 0 aliphatic heterocycles. The first-order valence-electron chi connectivity index (χ1n) is 6.56. The Balaban J connectivity index is 2.15. The van der Waals surface area contributed by atoms with Gasteiger partial charge < -0.3 is 9.47 Å². The molecule has 6 nitrogen and oxygen atoms in total. The summed E-state index contributed by atoms with van der Waals surface area (Å²) in [5.41, 5.74) is 0.895. The van der Waals surface area contributed by atoms with Crippen LogP contribution in [0.15, 0.2) is 18.3 Å². The van der Waals surface area contributed by atoms with Gasteiger partial charge in [-0.05, 0) is 30.9 Å². The number of carbonyl (C=O) groups is 1. The molecule has 0 saturated heterocycles. The molecule has 0 spiro atoms. The fraction of sp³-hybridized carbons (Fsp3) is 0.500. The van der Waals surface area contributed by atoms with E-state index in [0.29, 0.717) is 17.6 Å². The van der Waals surface area contributed by atoms with E-state index in [9.17, 15) is 4.79 Å². The first-order valence-corrected chi connectivity index (χ1v) is 9.58. The summed E-state index contributed by atoms with van der Waals surface area (Å²) >= 11 is 0. The Kier molecular flexibility index (Phi) is 4.84. The third-order valence-corrected chi connectivity index (χ3v) is 4.33. The molecule has 0 N–H and O–H groups in total. The minimum absolute atomic E-state index is 0.269. The summed E-state index contributed by atoms with van der Waals surface area (Å²) in [6.07, 6.45) is 8.41. The Morgan fingerprint density at radius 1 is 1.38 bits per heavy atom. The van der Waals surface area contributed by atoms with Crippen LogP contribution in [0.2, 0.25) is 0 Å². The quantitative estimate of drug-likeness (QED) is 0.602. The van der Waals surface area contributed by atoms with E-state index in [2.05, 4.69) is 28.8 Å². The van der Waals surface area contributed by atoms with E-state index < -0.39 is 16.0 Å². The molecule has 0 fully saturated rings. The van der Waals surface area contributed by atoms with Gasteiger partial charge in [0.05, 0.1) is 19.1 Å². The van der Waals surface area contributed by atoms with Crippen molar-refractivity contribution in [3.8, 4) is 0 Å². The van der Waals surface area contributed by atoms with Crippen LogP contribution in [0, 0.1) is 0 Å². The highest BCUT2D eigenvalue weighted by molar-refractivity contribution is 8.32. The first kappa shape index (κ1) is 15.8. The second kappa shape index (κ2) is 6.44. The zero-order chi connectivity index (χ0) is 15.5. The number of esters is 1. The Labute approximate surface area is 125 Å². The van der Waals surface area contributed by atoms with Gasteiger partial charge in [-0.3, -0.25) is 0 Å². The highest BCUT2D eigenvalue weighted by Crippen LogP contribution is 2.33.